The molecule has 1 aliphatic heterocycles. The number of amides is 1. The Morgan fingerprint density at radius 1 is 1.24 bits per heavy atom. The summed E-state index contributed by atoms with van der Waals surface area (Å²) in [6, 6.07) is 4.35. The fourth-order valence-corrected chi connectivity index (χ4v) is 7.76. The molecule has 0 atom stereocenters. The first-order valence-corrected chi connectivity index (χ1v) is 15.0. The van der Waals surface area contributed by atoms with Crippen LogP contribution in [0.2, 0.25) is 5.02 Å². The summed E-state index contributed by atoms with van der Waals surface area (Å²) in [5.74, 6) is -0.253. The first-order valence-electron chi connectivity index (χ1n) is 11.4. The highest BCUT2D eigenvalue weighted by Gasteiger charge is 2.29. The van der Waals surface area contributed by atoms with Gasteiger partial charge in [-0.1, -0.05) is 23.4 Å². The van der Waals surface area contributed by atoms with Crippen LogP contribution in [0.3, 0.4) is 0 Å². The number of morpholine rings is 1. The number of carbonyl (C=O) groups is 2. The summed E-state index contributed by atoms with van der Waals surface area (Å²) in [5, 5.41) is 4.09. The van der Waals surface area contributed by atoms with Gasteiger partial charge < -0.3 is 14.8 Å². The minimum absolute atomic E-state index is 0.00372. The Balaban J connectivity index is 1.51. The van der Waals surface area contributed by atoms with Gasteiger partial charge in [0.2, 0.25) is 15.9 Å². The van der Waals surface area contributed by atoms with Gasteiger partial charge in [0.05, 0.1) is 30.6 Å². The molecule has 1 N–H and O–H groups in total. The average molecular weight is 585 g/mol. The third kappa shape index (κ3) is 6.07. The van der Waals surface area contributed by atoms with Crippen LogP contribution in [0.15, 0.2) is 28.1 Å². The number of aromatic nitrogens is 2. The maximum Gasteiger partial charge on any atom is 0.348 e. The zero-order chi connectivity index (χ0) is 26.7. The summed E-state index contributed by atoms with van der Waals surface area (Å²) in [4.78, 5) is 35.1. The predicted octanol–water partition coefficient (Wildman–Crippen LogP) is 3.89. The number of anilines is 1. The molecule has 3 aromatic rings. The van der Waals surface area contributed by atoms with Crippen LogP contribution in [0, 0.1) is 13.8 Å². The number of ether oxygens (including phenoxy) is 2. The first-order chi connectivity index (χ1) is 17.6. The van der Waals surface area contributed by atoms with Crippen molar-refractivity contribution in [2.45, 2.75) is 30.7 Å². The minimum atomic E-state index is -3.84. The lowest BCUT2D eigenvalue weighted by molar-refractivity contribution is -0.113. The molecule has 1 aliphatic rings. The Morgan fingerprint density at radius 2 is 1.97 bits per heavy atom. The molecule has 2 aromatic heterocycles. The summed E-state index contributed by atoms with van der Waals surface area (Å²) in [6.45, 7) is 6.64. The number of hydrogen-bond acceptors (Lipinski definition) is 10. The summed E-state index contributed by atoms with van der Waals surface area (Å²) in [6.07, 6.45) is 0. The number of esters is 1. The van der Waals surface area contributed by atoms with Gasteiger partial charge in [-0.3, -0.25) is 4.79 Å². The van der Waals surface area contributed by atoms with Crippen molar-refractivity contribution in [3.05, 3.63) is 39.5 Å². The summed E-state index contributed by atoms with van der Waals surface area (Å²) >= 11 is 8.64. The molecule has 1 saturated heterocycles. The van der Waals surface area contributed by atoms with E-state index in [0.29, 0.717) is 50.4 Å². The number of benzene rings is 1. The third-order valence-corrected chi connectivity index (χ3v) is 9.99. The fraction of sp³-hybridized carbons (Fsp3) is 0.391. The van der Waals surface area contributed by atoms with Gasteiger partial charge in [0.1, 0.15) is 25.5 Å². The van der Waals surface area contributed by atoms with E-state index < -0.39 is 16.0 Å². The second-order valence-corrected chi connectivity index (χ2v) is 12.3. The van der Waals surface area contributed by atoms with Crippen molar-refractivity contribution in [1.82, 2.24) is 14.3 Å². The number of thiophene rings is 1. The van der Waals surface area contributed by atoms with Gasteiger partial charge in [0.25, 0.3) is 0 Å². The number of nitrogens with one attached hydrogen (secondary N) is 1. The molecule has 0 radical (unpaired) electrons. The molecule has 0 bridgehead atoms. The Bertz CT molecular complexity index is 1450. The Kier molecular flexibility index (Phi) is 8.71. The third-order valence-electron chi connectivity index (χ3n) is 5.47. The molecule has 1 amide bonds. The van der Waals surface area contributed by atoms with E-state index in [-0.39, 0.29) is 41.3 Å². The smallest absolute Gasteiger partial charge is 0.348 e. The number of fused-ring (bicyclic) bond motifs is 1. The Labute approximate surface area is 227 Å². The number of halogens is 1. The van der Waals surface area contributed by atoms with Gasteiger partial charge in [0, 0.05) is 24.2 Å². The highest BCUT2D eigenvalue weighted by atomic mass is 35.5. The SMILES string of the molecule is CCOC(=O)c1sc2nc(C)nc(SCC(=O)Nc3ccc(Cl)c(S(=O)(=O)N4CCOCC4)c3)c2c1C. The van der Waals surface area contributed by atoms with Crippen molar-refractivity contribution in [3.63, 3.8) is 0 Å². The minimum Gasteiger partial charge on any atom is -0.462 e. The molecule has 14 heteroatoms. The van der Waals surface area contributed by atoms with E-state index in [1.807, 2.05) is 0 Å². The zero-order valence-corrected chi connectivity index (χ0v) is 23.6. The van der Waals surface area contributed by atoms with Crippen molar-refractivity contribution >= 4 is 72.5 Å². The molecule has 1 aromatic carbocycles. The van der Waals surface area contributed by atoms with Crippen molar-refractivity contribution in [3.8, 4) is 0 Å². The van der Waals surface area contributed by atoms with Crippen LogP contribution in [0.1, 0.15) is 28.0 Å². The van der Waals surface area contributed by atoms with E-state index in [9.17, 15) is 18.0 Å². The Morgan fingerprint density at radius 3 is 2.68 bits per heavy atom. The molecule has 0 unspecified atom stereocenters. The van der Waals surface area contributed by atoms with E-state index in [1.54, 1.807) is 26.8 Å². The molecule has 37 heavy (non-hydrogen) atoms. The predicted molar refractivity (Wildman–Crippen MR) is 143 cm³/mol. The molecule has 0 aliphatic carbocycles. The molecular weight excluding hydrogens is 560 g/mol. The molecule has 10 nitrogen and oxygen atoms in total. The monoisotopic (exact) mass is 584 g/mol. The number of sulfonamides is 1. The van der Waals surface area contributed by atoms with Crippen molar-refractivity contribution in [2.75, 3.05) is 44.0 Å². The summed E-state index contributed by atoms with van der Waals surface area (Å²) in [5.41, 5.74) is 1.01. The fourth-order valence-electron chi connectivity index (χ4n) is 3.74. The van der Waals surface area contributed by atoms with Gasteiger partial charge in [-0.15, -0.1) is 11.3 Å². The molecule has 1 fully saturated rings. The molecule has 3 heterocycles. The highest BCUT2D eigenvalue weighted by Crippen LogP contribution is 2.36. The number of nitrogens with zero attached hydrogens (tertiary/aromatic N) is 3. The van der Waals surface area contributed by atoms with E-state index in [4.69, 9.17) is 21.1 Å². The quantitative estimate of drug-likeness (QED) is 0.238. The lowest BCUT2D eigenvalue weighted by Gasteiger charge is -2.26. The van der Waals surface area contributed by atoms with E-state index in [2.05, 4.69) is 15.3 Å². The lowest BCUT2D eigenvalue weighted by atomic mass is 10.2. The normalized spacial score (nSPS) is 14.6. The number of rotatable bonds is 8. The number of carbonyl (C=O) groups excluding carboxylic acids is 2. The second-order valence-electron chi connectivity index (χ2n) is 8.03. The maximum absolute atomic E-state index is 13.1. The van der Waals surface area contributed by atoms with Gasteiger partial charge in [-0.25, -0.2) is 23.2 Å². The van der Waals surface area contributed by atoms with Crippen LogP contribution in [-0.4, -0.2) is 73.2 Å². The average Bonchev–Trinajstić information content (AvgIpc) is 3.20. The van der Waals surface area contributed by atoms with Crippen LogP contribution in [0.4, 0.5) is 5.69 Å². The first kappa shape index (κ1) is 27.7. The van der Waals surface area contributed by atoms with Crippen LogP contribution < -0.4 is 5.32 Å². The van der Waals surface area contributed by atoms with Crippen molar-refractivity contribution < 1.29 is 27.5 Å². The van der Waals surface area contributed by atoms with Gasteiger partial charge >= 0.3 is 5.97 Å². The van der Waals surface area contributed by atoms with Crippen LogP contribution in [0.5, 0.6) is 0 Å². The maximum atomic E-state index is 13.1. The number of aryl methyl sites for hydroxylation is 2. The van der Waals surface area contributed by atoms with Crippen LogP contribution in [0.25, 0.3) is 10.2 Å². The zero-order valence-electron chi connectivity index (χ0n) is 20.4. The van der Waals surface area contributed by atoms with Crippen LogP contribution >= 0.6 is 34.7 Å². The molecule has 0 saturated carbocycles. The van der Waals surface area contributed by atoms with Gasteiger partial charge in [-0.05, 0) is 44.5 Å². The summed E-state index contributed by atoms with van der Waals surface area (Å²) in [7, 11) is -3.84. The highest BCUT2D eigenvalue weighted by molar-refractivity contribution is 8.00. The van der Waals surface area contributed by atoms with Crippen LogP contribution in [-0.2, 0) is 24.3 Å². The number of hydrogen-bond donors (Lipinski definition) is 1. The molecule has 198 valence electrons. The van der Waals surface area contributed by atoms with Crippen molar-refractivity contribution in [1.29, 1.82) is 0 Å². The largest absolute Gasteiger partial charge is 0.462 e. The lowest BCUT2D eigenvalue weighted by Crippen LogP contribution is -2.40. The van der Waals surface area contributed by atoms with E-state index >= 15 is 0 Å². The topological polar surface area (TPSA) is 128 Å². The number of thioether (sulfide) groups is 1. The molecule has 0 spiro atoms. The molecular formula is C23H25ClN4O6S3. The van der Waals surface area contributed by atoms with Gasteiger partial charge in [0.15, 0.2) is 0 Å². The van der Waals surface area contributed by atoms with Gasteiger partial charge in [-0.2, -0.15) is 4.31 Å². The second kappa shape index (κ2) is 11.6. The van der Waals surface area contributed by atoms with Crippen molar-refractivity contribution in [2.24, 2.45) is 0 Å². The summed E-state index contributed by atoms with van der Waals surface area (Å²) < 4.78 is 37.8. The van der Waals surface area contributed by atoms with E-state index in [0.717, 1.165) is 0 Å². The Hall–Kier alpha value is -2.29. The van der Waals surface area contributed by atoms with E-state index in [1.165, 1.54) is 39.5 Å². The molecule has 4 rings (SSSR count). The standard InChI is InChI=1S/C23H25ClN4O6S3/c1-4-34-23(30)20-13(2)19-21(25-14(3)26-22(19)36-20)35-12-18(29)27-15-5-6-16(24)17(11-15)37(31,32)28-7-9-33-10-8-28/h5-6,11H,4,7-10,12H2,1-3H3,(H,27,29).